The van der Waals surface area contributed by atoms with Gasteiger partial charge in [-0.05, 0) is 31.5 Å². The van der Waals surface area contributed by atoms with E-state index in [0.29, 0.717) is 24.2 Å². The maximum Gasteiger partial charge on any atom is 0.284 e. The van der Waals surface area contributed by atoms with Crippen LogP contribution in [0.4, 0.5) is 0 Å². The second kappa shape index (κ2) is 8.92. The minimum Gasteiger partial charge on any atom is -0.454 e. The summed E-state index contributed by atoms with van der Waals surface area (Å²) in [6.45, 7) is 7.41. The number of amides is 1. The number of carbonyl (C=O) groups is 1. The van der Waals surface area contributed by atoms with Crippen LogP contribution in [0.3, 0.4) is 0 Å². The van der Waals surface area contributed by atoms with Crippen LogP contribution in [0.2, 0.25) is 0 Å². The molecule has 0 spiro atoms. The lowest BCUT2D eigenvalue weighted by Crippen LogP contribution is -2.44. The molecule has 1 aromatic carbocycles. The molecule has 0 aliphatic rings. The fourth-order valence-corrected chi connectivity index (χ4v) is 2.46. The molecule has 134 valence electrons. The Morgan fingerprint density at radius 1 is 1.20 bits per heavy atom. The molecule has 2 atom stereocenters. The molecule has 2 aromatic rings. The Bertz CT molecular complexity index is 709. The van der Waals surface area contributed by atoms with Crippen molar-refractivity contribution in [2.75, 3.05) is 6.54 Å². The minimum atomic E-state index is -0.578. The van der Waals surface area contributed by atoms with Crippen molar-refractivity contribution in [3.8, 4) is 0 Å². The molecule has 4 N–H and O–H groups in total. The van der Waals surface area contributed by atoms with Crippen molar-refractivity contribution >= 4 is 11.9 Å². The number of nitrogens with one attached hydrogen (secondary N) is 2. The summed E-state index contributed by atoms with van der Waals surface area (Å²) in [7, 11) is 0. The predicted molar refractivity (Wildman–Crippen MR) is 99.5 cm³/mol. The smallest absolute Gasteiger partial charge is 0.284 e. The van der Waals surface area contributed by atoms with E-state index in [1.807, 2.05) is 25.1 Å². The molecule has 0 fully saturated rings. The van der Waals surface area contributed by atoms with Crippen LogP contribution in [-0.4, -0.2) is 24.5 Å². The van der Waals surface area contributed by atoms with Crippen LogP contribution in [0.1, 0.15) is 48.6 Å². The van der Waals surface area contributed by atoms with Gasteiger partial charge in [0.15, 0.2) is 11.7 Å². The van der Waals surface area contributed by atoms with Gasteiger partial charge in [0.2, 0.25) is 0 Å². The SMILES string of the molecule is CCNC(=NCc1ccc(C(N)=O)o1)NC(C)C(C)c1ccccc1. The van der Waals surface area contributed by atoms with Crippen molar-refractivity contribution in [1.82, 2.24) is 10.6 Å². The number of hydrogen-bond acceptors (Lipinski definition) is 3. The van der Waals surface area contributed by atoms with Crippen molar-refractivity contribution in [3.05, 3.63) is 59.5 Å². The third-order valence-electron chi connectivity index (χ3n) is 4.08. The maximum absolute atomic E-state index is 11.1. The number of furan rings is 1. The molecule has 0 saturated heterocycles. The molecule has 0 bridgehead atoms. The van der Waals surface area contributed by atoms with E-state index in [1.165, 1.54) is 5.56 Å². The fourth-order valence-electron chi connectivity index (χ4n) is 2.46. The summed E-state index contributed by atoms with van der Waals surface area (Å²) in [5.41, 5.74) is 6.47. The number of rotatable bonds is 7. The predicted octanol–water partition coefficient (Wildman–Crippen LogP) is 2.63. The Hall–Kier alpha value is -2.76. The molecular formula is C19H26N4O2. The molecule has 1 aromatic heterocycles. The monoisotopic (exact) mass is 342 g/mol. The van der Waals surface area contributed by atoms with Crippen molar-refractivity contribution in [3.63, 3.8) is 0 Å². The molecule has 0 aliphatic heterocycles. The lowest BCUT2D eigenvalue weighted by molar-refractivity contribution is 0.0972. The molecular weight excluding hydrogens is 316 g/mol. The highest BCUT2D eigenvalue weighted by molar-refractivity contribution is 5.89. The Morgan fingerprint density at radius 2 is 1.92 bits per heavy atom. The number of guanidine groups is 1. The Morgan fingerprint density at radius 3 is 2.52 bits per heavy atom. The summed E-state index contributed by atoms with van der Waals surface area (Å²) < 4.78 is 5.36. The van der Waals surface area contributed by atoms with Gasteiger partial charge in [-0.1, -0.05) is 37.3 Å². The van der Waals surface area contributed by atoms with E-state index < -0.39 is 5.91 Å². The average molecular weight is 342 g/mol. The highest BCUT2D eigenvalue weighted by Gasteiger charge is 2.15. The zero-order chi connectivity index (χ0) is 18.2. The van der Waals surface area contributed by atoms with E-state index in [2.05, 4.69) is 41.6 Å². The number of benzene rings is 1. The lowest BCUT2D eigenvalue weighted by atomic mass is 9.94. The molecule has 1 heterocycles. The van der Waals surface area contributed by atoms with E-state index in [4.69, 9.17) is 10.2 Å². The molecule has 6 heteroatoms. The van der Waals surface area contributed by atoms with Crippen molar-refractivity contribution in [2.24, 2.45) is 10.7 Å². The quantitative estimate of drug-likeness (QED) is 0.533. The summed E-state index contributed by atoms with van der Waals surface area (Å²) in [5.74, 6) is 1.19. The first-order chi connectivity index (χ1) is 12.0. The van der Waals surface area contributed by atoms with Crippen LogP contribution in [0.25, 0.3) is 0 Å². The highest BCUT2D eigenvalue weighted by Crippen LogP contribution is 2.18. The maximum atomic E-state index is 11.1. The van der Waals surface area contributed by atoms with Gasteiger partial charge in [-0.25, -0.2) is 4.99 Å². The number of aliphatic imine (C=N–C) groups is 1. The molecule has 2 rings (SSSR count). The van der Waals surface area contributed by atoms with Crippen LogP contribution in [0, 0.1) is 0 Å². The molecule has 0 saturated carbocycles. The second-order valence-electron chi connectivity index (χ2n) is 5.96. The minimum absolute atomic E-state index is 0.147. The first-order valence-corrected chi connectivity index (χ1v) is 8.49. The van der Waals surface area contributed by atoms with E-state index in [9.17, 15) is 4.79 Å². The van der Waals surface area contributed by atoms with Gasteiger partial charge in [0, 0.05) is 18.5 Å². The van der Waals surface area contributed by atoms with Crippen LogP contribution >= 0.6 is 0 Å². The summed E-state index contributed by atoms with van der Waals surface area (Å²) >= 11 is 0. The highest BCUT2D eigenvalue weighted by atomic mass is 16.3. The van der Waals surface area contributed by atoms with Gasteiger partial charge in [-0.3, -0.25) is 4.79 Å². The largest absolute Gasteiger partial charge is 0.454 e. The average Bonchev–Trinajstić information content (AvgIpc) is 3.09. The van der Waals surface area contributed by atoms with Crippen LogP contribution in [-0.2, 0) is 6.54 Å². The van der Waals surface area contributed by atoms with Crippen molar-refractivity contribution in [1.29, 1.82) is 0 Å². The van der Waals surface area contributed by atoms with Gasteiger partial charge < -0.3 is 20.8 Å². The number of primary amides is 1. The fraction of sp³-hybridized carbons (Fsp3) is 0.368. The third kappa shape index (κ3) is 5.38. The van der Waals surface area contributed by atoms with Gasteiger partial charge in [0.05, 0.1) is 0 Å². The van der Waals surface area contributed by atoms with Gasteiger partial charge in [-0.15, -0.1) is 0 Å². The molecule has 2 unspecified atom stereocenters. The molecule has 1 amide bonds. The van der Waals surface area contributed by atoms with Crippen LogP contribution in [0.15, 0.2) is 51.9 Å². The first-order valence-electron chi connectivity index (χ1n) is 8.49. The normalized spacial score (nSPS) is 14.0. The topological polar surface area (TPSA) is 92.6 Å². The summed E-state index contributed by atoms with van der Waals surface area (Å²) in [4.78, 5) is 15.6. The Labute approximate surface area is 148 Å². The molecule has 0 aliphatic carbocycles. The molecule has 6 nitrogen and oxygen atoms in total. The first kappa shape index (κ1) is 18.6. The number of hydrogen-bond donors (Lipinski definition) is 3. The zero-order valence-electron chi connectivity index (χ0n) is 15.0. The van der Waals surface area contributed by atoms with Gasteiger partial charge in [0.25, 0.3) is 5.91 Å². The van der Waals surface area contributed by atoms with Gasteiger partial charge in [0.1, 0.15) is 12.3 Å². The number of carbonyl (C=O) groups excluding carboxylic acids is 1. The van der Waals surface area contributed by atoms with Crippen LogP contribution < -0.4 is 16.4 Å². The van der Waals surface area contributed by atoms with E-state index in [1.54, 1.807) is 12.1 Å². The van der Waals surface area contributed by atoms with Gasteiger partial charge >= 0.3 is 0 Å². The standard InChI is InChI=1S/C19H26N4O2/c1-4-21-19(22-12-16-10-11-17(25-16)18(20)24)23-14(3)13(2)15-8-6-5-7-9-15/h5-11,13-14H,4,12H2,1-3H3,(H2,20,24)(H2,21,22,23). The second-order valence-corrected chi connectivity index (χ2v) is 5.96. The van der Waals surface area contributed by atoms with Gasteiger partial charge in [-0.2, -0.15) is 0 Å². The van der Waals surface area contributed by atoms with E-state index in [0.717, 1.165) is 6.54 Å². The number of nitrogens with two attached hydrogens (primary N) is 1. The Balaban J connectivity index is 2.02. The van der Waals surface area contributed by atoms with E-state index in [-0.39, 0.29) is 11.8 Å². The third-order valence-corrected chi connectivity index (χ3v) is 4.08. The summed E-state index contributed by atoms with van der Waals surface area (Å²) in [5, 5.41) is 6.65. The summed E-state index contributed by atoms with van der Waals surface area (Å²) in [6, 6.07) is 13.8. The van der Waals surface area contributed by atoms with Crippen molar-refractivity contribution in [2.45, 2.75) is 39.3 Å². The lowest BCUT2D eigenvalue weighted by Gasteiger charge is -2.24. The molecule has 25 heavy (non-hydrogen) atoms. The number of nitrogens with zero attached hydrogens (tertiary/aromatic N) is 1. The molecule has 0 radical (unpaired) electrons. The van der Waals surface area contributed by atoms with E-state index >= 15 is 0 Å². The van der Waals surface area contributed by atoms with Crippen molar-refractivity contribution < 1.29 is 9.21 Å². The Kier molecular flexibility index (Phi) is 6.62. The zero-order valence-corrected chi connectivity index (χ0v) is 15.0. The summed E-state index contributed by atoms with van der Waals surface area (Å²) in [6.07, 6.45) is 0. The van der Waals surface area contributed by atoms with Crippen LogP contribution in [0.5, 0.6) is 0 Å².